The normalized spacial score (nSPS) is 13.8. The number of carbonyl (C=O) groups excluding carboxylic acids is 1. The molecule has 2 aromatic carbocycles. The van der Waals surface area contributed by atoms with Crippen LogP contribution >= 0.6 is 11.3 Å². The highest BCUT2D eigenvalue weighted by Crippen LogP contribution is 2.38. The summed E-state index contributed by atoms with van der Waals surface area (Å²) in [5.41, 5.74) is 2.58. The van der Waals surface area contributed by atoms with E-state index in [2.05, 4.69) is 29.0 Å². The van der Waals surface area contributed by atoms with Crippen molar-refractivity contribution in [1.29, 1.82) is 0 Å². The van der Waals surface area contributed by atoms with Gasteiger partial charge < -0.3 is 19.9 Å². The van der Waals surface area contributed by atoms with Crippen LogP contribution in [0.4, 0.5) is 16.6 Å². The van der Waals surface area contributed by atoms with Gasteiger partial charge in [0.05, 0.1) is 17.7 Å². The smallest absolute Gasteiger partial charge is 0.342 e. The number of anilines is 2. The van der Waals surface area contributed by atoms with Crippen LogP contribution < -0.4 is 15.8 Å². The number of aryl methyl sites for hydroxylation is 1. The van der Waals surface area contributed by atoms with Gasteiger partial charge in [0.2, 0.25) is 11.9 Å². The maximum absolute atomic E-state index is 14.4. The third-order valence-electron chi connectivity index (χ3n) is 7.40. The number of ether oxygens (including phenoxy) is 1. The van der Waals surface area contributed by atoms with Gasteiger partial charge in [-0.1, -0.05) is 47.2 Å². The van der Waals surface area contributed by atoms with Crippen molar-refractivity contribution in [3.05, 3.63) is 76.1 Å². The van der Waals surface area contributed by atoms with Crippen molar-refractivity contribution in [2.45, 2.75) is 47.0 Å². The zero-order valence-electron chi connectivity index (χ0n) is 24.7. The average Bonchev–Trinajstić information content (AvgIpc) is 3.38. The fraction of sp³-hybridized carbons (Fsp3) is 0.375. The van der Waals surface area contributed by atoms with E-state index in [1.54, 1.807) is 11.5 Å². The van der Waals surface area contributed by atoms with Crippen LogP contribution in [0.3, 0.4) is 0 Å². The van der Waals surface area contributed by atoms with Crippen molar-refractivity contribution in [3.63, 3.8) is 0 Å². The Balaban J connectivity index is 1.76. The van der Waals surface area contributed by atoms with Crippen molar-refractivity contribution < 1.29 is 9.53 Å². The summed E-state index contributed by atoms with van der Waals surface area (Å²) in [5, 5.41) is 4.06. The first-order chi connectivity index (χ1) is 20.4. The molecule has 1 fully saturated rings. The molecule has 220 valence electrons. The summed E-state index contributed by atoms with van der Waals surface area (Å²) in [7, 11) is 0. The number of hydrogen-bond donors (Lipinski definition) is 1. The molecule has 9 nitrogen and oxygen atoms in total. The summed E-state index contributed by atoms with van der Waals surface area (Å²) >= 11 is 1.25. The molecule has 2 aromatic heterocycles. The third kappa shape index (κ3) is 6.04. The van der Waals surface area contributed by atoms with E-state index >= 15 is 0 Å². The lowest BCUT2D eigenvalue weighted by molar-refractivity contribution is 0.0530. The first-order valence-electron chi connectivity index (χ1n) is 14.7. The van der Waals surface area contributed by atoms with Crippen LogP contribution in [-0.2, 0) is 4.74 Å². The molecule has 0 atom stereocenters. The molecule has 0 saturated carbocycles. The Morgan fingerprint density at radius 2 is 1.71 bits per heavy atom. The average molecular weight is 587 g/mol. The Labute approximate surface area is 250 Å². The number of nitrogens with one attached hydrogen (secondary N) is 1. The number of thiophene rings is 1. The number of hydrogen-bond acceptors (Lipinski definition) is 7. The summed E-state index contributed by atoms with van der Waals surface area (Å²) < 4.78 is 7.12. The van der Waals surface area contributed by atoms with E-state index < -0.39 is 5.97 Å². The van der Waals surface area contributed by atoms with E-state index in [0.717, 1.165) is 43.6 Å². The minimum absolute atomic E-state index is 0.152. The fourth-order valence-electron chi connectivity index (χ4n) is 5.18. The Hall–Kier alpha value is -4.18. The van der Waals surface area contributed by atoms with Gasteiger partial charge in [0.25, 0.3) is 5.56 Å². The zero-order valence-corrected chi connectivity index (χ0v) is 25.5. The minimum atomic E-state index is -0.582. The second-order valence-electron chi connectivity index (χ2n) is 10.2. The highest BCUT2D eigenvalue weighted by molar-refractivity contribution is 7.22. The summed E-state index contributed by atoms with van der Waals surface area (Å²) in [6.45, 7) is 11.1. The van der Waals surface area contributed by atoms with Gasteiger partial charge in [0.15, 0.2) is 0 Å². The largest absolute Gasteiger partial charge is 0.462 e. The van der Waals surface area contributed by atoms with Gasteiger partial charge in [-0.15, -0.1) is 0 Å². The lowest BCUT2D eigenvalue weighted by Gasteiger charge is -2.29. The predicted molar refractivity (Wildman–Crippen MR) is 172 cm³/mol. The molecular weight excluding hydrogens is 548 g/mol. The molecule has 0 aliphatic carbocycles. The molecule has 5 rings (SSSR count). The van der Waals surface area contributed by atoms with Crippen molar-refractivity contribution >= 4 is 50.1 Å². The van der Waals surface area contributed by atoms with Crippen molar-refractivity contribution in [3.8, 4) is 5.69 Å². The van der Waals surface area contributed by atoms with Crippen LogP contribution in [0.25, 0.3) is 15.9 Å². The molecule has 0 spiro atoms. The predicted octanol–water partition coefficient (Wildman–Crippen LogP) is 6.36. The molecule has 4 aromatic rings. The molecule has 1 saturated heterocycles. The summed E-state index contributed by atoms with van der Waals surface area (Å²) in [6.07, 6.45) is 3.23. The van der Waals surface area contributed by atoms with Crippen molar-refractivity contribution in [1.82, 2.24) is 14.5 Å². The number of para-hydroxylation sites is 1. The number of fused-ring (bicyclic) bond motifs is 1. The lowest BCUT2D eigenvalue weighted by Crippen LogP contribution is -2.36. The third-order valence-corrected chi connectivity index (χ3v) is 8.38. The highest BCUT2D eigenvalue weighted by Gasteiger charge is 2.29. The van der Waals surface area contributed by atoms with Gasteiger partial charge in [-0.3, -0.25) is 4.79 Å². The van der Waals surface area contributed by atoms with Gasteiger partial charge in [-0.05, 0) is 71.2 Å². The highest BCUT2D eigenvalue weighted by atomic mass is 32.1. The molecule has 0 bridgehead atoms. The number of nitrogens with zero attached hydrogens (tertiary/aromatic N) is 5. The molecule has 10 heteroatoms. The molecule has 0 amide bonds. The van der Waals surface area contributed by atoms with Crippen LogP contribution in [0.15, 0.2) is 64.4 Å². The number of carbonyl (C=O) groups is 1. The van der Waals surface area contributed by atoms with Gasteiger partial charge in [-0.2, -0.15) is 0 Å². The van der Waals surface area contributed by atoms with E-state index in [9.17, 15) is 9.59 Å². The Morgan fingerprint density at radius 1 is 1.02 bits per heavy atom. The SMILES string of the molecule is CCOC(=O)c1c(/N=C(/Nc2ccc(C)cc2)N(CC)CC)sc2nc(N3CCCCC3)n(-c3ccccc3)c(=O)c12. The standard InChI is InChI=1S/C32H38N6O3S/c1-5-36(6-2)31(33-23-18-16-22(4)17-19-23)34-28-26(30(40)41-7-3)25-27(42-28)35-32(37-20-12-9-13-21-37)38(29(25)39)24-14-10-8-11-15-24/h8,10-11,14-19H,5-7,9,12-13,20-21H2,1-4H3,(H,33,34). The monoisotopic (exact) mass is 586 g/mol. The molecule has 1 aliphatic rings. The van der Waals surface area contributed by atoms with E-state index in [1.807, 2.05) is 61.5 Å². The quantitative estimate of drug-likeness (QED) is 0.146. The van der Waals surface area contributed by atoms with Gasteiger partial charge in [0, 0.05) is 31.9 Å². The number of esters is 1. The van der Waals surface area contributed by atoms with Crippen LogP contribution in [0.2, 0.25) is 0 Å². The van der Waals surface area contributed by atoms with Gasteiger partial charge in [0.1, 0.15) is 15.4 Å². The molecule has 3 heterocycles. The topological polar surface area (TPSA) is 92.1 Å². The molecule has 42 heavy (non-hydrogen) atoms. The number of aliphatic imine (C=N–C) groups is 1. The van der Waals surface area contributed by atoms with Crippen LogP contribution in [0, 0.1) is 6.92 Å². The summed E-state index contributed by atoms with van der Waals surface area (Å²) in [4.78, 5) is 42.7. The Kier molecular flexibility index (Phi) is 9.22. The molecular formula is C32H38N6O3S. The molecule has 0 radical (unpaired) electrons. The zero-order chi connectivity index (χ0) is 29.6. The number of guanidine groups is 1. The maximum Gasteiger partial charge on any atom is 0.342 e. The molecule has 1 aliphatic heterocycles. The number of benzene rings is 2. The number of piperidine rings is 1. The summed E-state index contributed by atoms with van der Waals surface area (Å²) in [5.74, 6) is 0.592. The van der Waals surface area contributed by atoms with Crippen molar-refractivity contribution in [2.75, 3.05) is 43.0 Å². The number of aromatic nitrogens is 2. The first kappa shape index (κ1) is 29.3. The van der Waals surface area contributed by atoms with Crippen LogP contribution in [-0.4, -0.2) is 59.2 Å². The molecule has 1 N–H and O–H groups in total. The van der Waals surface area contributed by atoms with Gasteiger partial charge in [-0.25, -0.2) is 19.3 Å². The van der Waals surface area contributed by atoms with Crippen LogP contribution in [0.1, 0.15) is 56.0 Å². The van der Waals surface area contributed by atoms with Gasteiger partial charge >= 0.3 is 5.97 Å². The second kappa shape index (κ2) is 13.2. The fourth-order valence-corrected chi connectivity index (χ4v) is 6.20. The maximum atomic E-state index is 14.4. The summed E-state index contributed by atoms with van der Waals surface area (Å²) in [6, 6.07) is 17.5. The Bertz CT molecular complexity index is 1620. The minimum Gasteiger partial charge on any atom is -0.462 e. The van der Waals surface area contributed by atoms with E-state index in [4.69, 9.17) is 14.7 Å². The van der Waals surface area contributed by atoms with E-state index in [-0.39, 0.29) is 23.1 Å². The number of rotatable bonds is 8. The first-order valence-corrected chi connectivity index (χ1v) is 15.5. The molecule has 0 unspecified atom stereocenters. The van der Waals surface area contributed by atoms with Crippen LogP contribution in [0.5, 0.6) is 0 Å². The Morgan fingerprint density at radius 3 is 2.36 bits per heavy atom. The second-order valence-corrected chi connectivity index (χ2v) is 11.2. The lowest BCUT2D eigenvalue weighted by atomic mass is 10.1. The van der Waals surface area contributed by atoms with Crippen molar-refractivity contribution in [2.24, 2.45) is 4.99 Å². The van der Waals surface area contributed by atoms with E-state index in [1.165, 1.54) is 11.3 Å². The van der Waals surface area contributed by atoms with E-state index in [0.29, 0.717) is 40.5 Å².